The van der Waals surface area contributed by atoms with Crippen molar-refractivity contribution in [3.8, 4) is 0 Å². The Kier molecular flexibility index (Phi) is 5.80. The lowest BCUT2D eigenvalue weighted by Crippen LogP contribution is -2.48. The molecule has 0 bridgehead atoms. The van der Waals surface area contributed by atoms with Crippen LogP contribution in [-0.4, -0.2) is 44.6 Å². The van der Waals surface area contributed by atoms with E-state index in [0.29, 0.717) is 18.7 Å². The van der Waals surface area contributed by atoms with Crippen LogP contribution in [0.1, 0.15) is 26.2 Å². The molecule has 0 aliphatic heterocycles. The maximum absolute atomic E-state index is 11.8. The Balaban J connectivity index is 2.60. The average Bonchev–Trinajstić information content (AvgIpc) is 2.85. The van der Waals surface area contributed by atoms with Gasteiger partial charge in [0.1, 0.15) is 5.82 Å². The van der Waals surface area contributed by atoms with Crippen molar-refractivity contribution in [3.63, 3.8) is 0 Å². The fraction of sp³-hybridized carbons (Fsp3) is 0.545. The summed E-state index contributed by atoms with van der Waals surface area (Å²) in [5.74, 6) is -0.340. The molecule has 5 N–H and O–H groups in total. The van der Waals surface area contributed by atoms with E-state index < -0.39 is 24.1 Å². The molecule has 0 radical (unpaired) electrons. The Morgan fingerprint density at radius 2 is 2.26 bits per heavy atom. The van der Waals surface area contributed by atoms with Gasteiger partial charge in [-0.1, -0.05) is 19.8 Å². The number of unbranched alkanes of at least 4 members (excludes halogenated alkanes) is 1. The highest BCUT2D eigenvalue weighted by molar-refractivity contribution is 5.93. The van der Waals surface area contributed by atoms with Gasteiger partial charge in [0.25, 0.3) is 5.91 Å². The fourth-order valence-electron chi connectivity index (χ4n) is 1.61. The van der Waals surface area contributed by atoms with E-state index in [1.54, 1.807) is 0 Å². The Morgan fingerprint density at radius 1 is 1.53 bits per heavy atom. The molecule has 8 heteroatoms. The summed E-state index contributed by atoms with van der Waals surface area (Å²) in [5.41, 5.74) is 0. The van der Waals surface area contributed by atoms with Crippen LogP contribution in [-0.2, 0) is 4.79 Å². The Morgan fingerprint density at radius 3 is 2.79 bits per heavy atom. The molecule has 2 amide bonds. The van der Waals surface area contributed by atoms with E-state index in [1.165, 1.54) is 12.3 Å². The van der Waals surface area contributed by atoms with Gasteiger partial charge < -0.3 is 20.8 Å². The van der Waals surface area contributed by atoms with E-state index in [4.69, 9.17) is 5.11 Å². The van der Waals surface area contributed by atoms with Crippen molar-refractivity contribution in [2.75, 3.05) is 5.32 Å². The molecule has 0 unspecified atom stereocenters. The molecule has 0 fully saturated rings. The molecule has 1 aromatic rings. The van der Waals surface area contributed by atoms with Crippen LogP contribution in [0.3, 0.4) is 0 Å². The molecule has 1 rings (SSSR count). The molecule has 0 saturated heterocycles. The number of aliphatic hydroxyl groups is 1. The van der Waals surface area contributed by atoms with Crippen molar-refractivity contribution in [3.05, 3.63) is 12.3 Å². The minimum Gasteiger partial charge on any atom is -0.465 e. The van der Waals surface area contributed by atoms with Gasteiger partial charge in [-0.2, -0.15) is 5.10 Å². The highest BCUT2D eigenvalue weighted by atomic mass is 16.4. The monoisotopic (exact) mass is 270 g/mol. The van der Waals surface area contributed by atoms with Crippen LogP contribution in [0, 0.1) is 0 Å². The second kappa shape index (κ2) is 7.37. The lowest BCUT2D eigenvalue weighted by molar-refractivity contribution is -0.125. The fourth-order valence-corrected chi connectivity index (χ4v) is 1.61. The summed E-state index contributed by atoms with van der Waals surface area (Å²) in [6.07, 6.45) is 0.666. The van der Waals surface area contributed by atoms with Crippen LogP contribution in [0.5, 0.6) is 0 Å². The summed E-state index contributed by atoms with van der Waals surface area (Å²) in [6.45, 7) is 1.94. The molecule has 0 aliphatic rings. The molecular formula is C11H18N4O4. The van der Waals surface area contributed by atoms with Crippen LogP contribution in [0.25, 0.3) is 0 Å². The van der Waals surface area contributed by atoms with Crippen LogP contribution in [0.2, 0.25) is 0 Å². The lowest BCUT2D eigenvalue weighted by Gasteiger charge is -2.21. The highest BCUT2D eigenvalue weighted by Crippen LogP contribution is 2.08. The SMILES string of the molecule is CCCC[C@H](NC(=O)O)[C@@H](O)C(=O)Nc1ccn[nH]1. The molecular weight excluding hydrogens is 252 g/mol. The van der Waals surface area contributed by atoms with Gasteiger partial charge in [-0.05, 0) is 6.42 Å². The van der Waals surface area contributed by atoms with Gasteiger partial charge in [0.2, 0.25) is 0 Å². The van der Waals surface area contributed by atoms with Crippen LogP contribution in [0.4, 0.5) is 10.6 Å². The van der Waals surface area contributed by atoms with Gasteiger partial charge in [0.05, 0.1) is 12.2 Å². The van der Waals surface area contributed by atoms with Crippen molar-refractivity contribution in [2.45, 2.75) is 38.3 Å². The Labute approximate surface area is 110 Å². The summed E-state index contributed by atoms with van der Waals surface area (Å²) in [6, 6.07) is 0.691. The predicted octanol–water partition coefficient (Wildman–Crippen LogP) is 0.535. The summed E-state index contributed by atoms with van der Waals surface area (Å²) < 4.78 is 0. The number of aromatic nitrogens is 2. The number of H-pyrrole nitrogens is 1. The maximum atomic E-state index is 11.8. The number of nitrogens with zero attached hydrogens (tertiary/aromatic N) is 1. The van der Waals surface area contributed by atoms with Gasteiger partial charge in [-0.3, -0.25) is 9.89 Å². The molecule has 0 aromatic carbocycles. The molecule has 1 heterocycles. The number of rotatable bonds is 7. The molecule has 2 atom stereocenters. The normalized spacial score (nSPS) is 13.6. The number of anilines is 1. The predicted molar refractivity (Wildman–Crippen MR) is 67.7 cm³/mol. The molecule has 0 aliphatic carbocycles. The van der Waals surface area contributed by atoms with E-state index in [1.807, 2.05) is 6.92 Å². The van der Waals surface area contributed by atoms with Gasteiger partial charge in [-0.15, -0.1) is 0 Å². The first kappa shape index (κ1) is 15.0. The molecule has 0 spiro atoms. The number of carbonyl (C=O) groups excluding carboxylic acids is 1. The zero-order valence-electron chi connectivity index (χ0n) is 10.6. The van der Waals surface area contributed by atoms with Crippen molar-refractivity contribution in [1.29, 1.82) is 0 Å². The molecule has 1 aromatic heterocycles. The Bertz CT molecular complexity index is 407. The molecule has 19 heavy (non-hydrogen) atoms. The standard InChI is InChI=1S/C11H18N4O4/c1-2-3-4-7(13-11(18)19)9(16)10(17)14-8-5-6-12-15-8/h5-7,9,13,16H,2-4H2,1H3,(H,18,19)(H2,12,14,15,17)/t7-,9+/m0/s1. The second-order valence-electron chi connectivity index (χ2n) is 4.10. The summed E-state index contributed by atoms with van der Waals surface area (Å²) >= 11 is 0. The number of aliphatic hydroxyl groups excluding tert-OH is 1. The topological polar surface area (TPSA) is 127 Å². The van der Waals surface area contributed by atoms with Gasteiger partial charge in [-0.25, -0.2) is 4.79 Å². The third-order valence-corrected chi connectivity index (χ3v) is 2.59. The lowest BCUT2D eigenvalue weighted by atomic mass is 10.0. The highest BCUT2D eigenvalue weighted by Gasteiger charge is 2.27. The largest absolute Gasteiger partial charge is 0.465 e. The zero-order chi connectivity index (χ0) is 14.3. The van der Waals surface area contributed by atoms with Crippen LogP contribution in [0.15, 0.2) is 12.3 Å². The third-order valence-electron chi connectivity index (χ3n) is 2.59. The van der Waals surface area contributed by atoms with E-state index in [0.717, 1.165) is 6.42 Å². The second-order valence-corrected chi connectivity index (χ2v) is 4.10. The number of hydrogen-bond acceptors (Lipinski definition) is 4. The quantitative estimate of drug-likeness (QED) is 0.494. The summed E-state index contributed by atoms with van der Waals surface area (Å²) in [4.78, 5) is 22.4. The molecule has 106 valence electrons. The van der Waals surface area contributed by atoms with Crippen molar-refractivity contribution in [2.24, 2.45) is 0 Å². The number of aromatic amines is 1. The smallest absolute Gasteiger partial charge is 0.404 e. The Hall–Kier alpha value is -2.09. The summed E-state index contributed by atoms with van der Waals surface area (Å²) in [5, 5.41) is 29.3. The average molecular weight is 270 g/mol. The van der Waals surface area contributed by atoms with E-state index in [9.17, 15) is 14.7 Å². The van der Waals surface area contributed by atoms with Crippen LogP contribution < -0.4 is 10.6 Å². The first-order valence-electron chi connectivity index (χ1n) is 6.02. The zero-order valence-corrected chi connectivity index (χ0v) is 10.6. The first-order valence-corrected chi connectivity index (χ1v) is 6.02. The minimum absolute atomic E-state index is 0.341. The van der Waals surface area contributed by atoms with Gasteiger partial charge >= 0.3 is 6.09 Å². The molecule has 0 saturated carbocycles. The number of carboxylic acid groups (broad SMARTS) is 1. The van der Waals surface area contributed by atoms with Crippen molar-refractivity contribution in [1.82, 2.24) is 15.5 Å². The third kappa shape index (κ3) is 4.96. The van der Waals surface area contributed by atoms with Gasteiger partial charge in [0, 0.05) is 6.07 Å². The number of nitrogens with one attached hydrogen (secondary N) is 3. The van der Waals surface area contributed by atoms with Crippen molar-refractivity contribution >= 4 is 17.8 Å². The van der Waals surface area contributed by atoms with Crippen molar-refractivity contribution < 1.29 is 19.8 Å². The van der Waals surface area contributed by atoms with E-state index in [2.05, 4.69) is 20.8 Å². The summed E-state index contributed by atoms with van der Waals surface area (Å²) in [7, 11) is 0. The van der Waals surface area contributed by atoms with E-state index in [-0.39, 0.29) is 0 Å². The number of carbonyl (C=O) groups is 2. The maximum Gasteiger partial charge on any atom is 0.404 e. The molecule has 8 nitrogen and oxygen atoms in total. The first-order chi connectivity index (χ1) is 9.04. The van der Waals surface area contributed by atoms with Gasteiger partial charge in [0.15, 0.2) is 6.10 Å². The minimum atomic E-state index is -1.45. The van der Waals surface area contributed by atoms with Crippen LogP contribution >= 0.6 is 0 Å². The number of amides is 2. The number of hydrogen-bond donors (Lipinski definition) is 5. The van der Waals surface area contributed by atoms with E-state index >= 15 is 0 Å².